The van der Waals surface area contributed by atoms with Crippen molar-refractivity contribution in [1.29, 1.82) is 0 Å². The average molecular weight is 267 g/mol. The Bertz CT molecular complexity index is 611. The highest BCUT2D eigenvalue weighted by Crippen LogP contribution is 2.26. The second-order valence-electron chi connectivity index (χ2n) is 3.86. The van der Waals surface area contributed by atoms with Crippen molar-refractivity contribution in [3.05, 3.63) is 35.9 Å². The van der Waals surface area contributed by atoms with E-state index in [1.165, 1.54) is 24.1 Å². The molecule has 0 unspecified atom stereocenters. The van der Waals surface area contributed by atoms with Gasteiger partial charge >= 0.3 is 5.97 Å². The summed E-state index contributed by atoms with van der Waals surface area (Å²) in [6, 6.07) is 1.28. The molecule has 0 aliphatic heterocycles. The Kier molecular flexibility index (Phi) is 3.55. The van der Waals surface area contributed by atoms with Crippen molar-refractivity contribution < 1.29 is 18.3 Å². The van der Waals surface area contributed by atoms with Crippen molar-refractivity contribution in [3.8, 4) is 11.1 Å². The molecule has 0 bridgehead atoms. The number of hydrogen-bond donors (Lipinski definition) is 0. The number of esters is 1. The lowest BCUT2D eigenvalue weighted by atomic mass is 10.1. The average Bonchev–Trinajstić information content (AvgIpc) is 2.80. The largest absolute Gasteiger partial charge is 0.464 e. The monoisotopic (exact) mass is 267 g/mol. The van der Waals surface area contributed by atoms with E-state index in [9.17, 15) is 13.6 Å². The first-order chi connectivity index (χ1) is 9.02. The first-order valence-electron chi connectivity index (χ1n) is 5.38. The maximum absolute atomic E-state index is 12.6. The second kappa shape index (κ2) is 5.13. The predicted octanol–water partition coefficient (Wildman–Crippen LogP) is 2.21. The van der Waals surface area contributed by atoms with Crippen LogP contribution in [0.4, 0.5) is 8.78 Å². The lowest BCUT2D eigenvalue weighted by Gasteiger charge is -2.03. The van der Waals surface area contributed by atoms with Gasteiger partial charge in [-0.05, 0) is 6.07 Å². The van der Waals surface area contributed by atoms with Crippen molar-refractivity contribution in [3.63, 3.8) is 0 Å². The molecule has 0 spiro atoms. The molecule has 7 heteroatoms. The van der Waals surface area contributed by atoms with Crippen LogP contribution < -0.4 is 0 Å². The Balaban J connectivity index is 2.52. The number of methoxy groups -OCH3 is 1. The molecular weight excluding hydrogens is 256 g/mol. The highest BCUT2D eigenvalue weighted by atomic mass is 19.3. The standard InChI is InChI=1S/C12H11F2N3O2/c1-17-6-9(10(16-17)12(18)19-2)7-3-8(11(13)14)5-15-4-7/h3-6,11H,1-2H3. The number of halogens is 2. The maximum atomic E-state index is 12.6. The van der Waals surface area contributed by atoms with E-state index in [1.54, 1.807) is 13.2 Å². The van der Waals surface area contributed by atoms with Crippen molar-refractivity contribution in [1.82, 2.24) is 14.8 Å². The highest BCUT2D eigenvalue weighted by Gasteiger charge is 2.19. The molecule has 2 aromatic rings. The Hall–Kier alpha value is -2.31. The van der Waals surface area contributed by atoms with Gasteiger partial charge in [0.2, 0.25) is 0 Å². The molecule has 0 aliphatic rings. The number of carbonyl (C=O) groups is 1. The van der Waals surface area contributed by atoms with Crippen LogP contribution in [0.3, 0.4) is 0 Å². The number of nitrogens with zero attached hydrogens (tertiary/aromatic N) is 3. The van der Waals surface area contributed by atoms with Crippen LogP contribution in [0, 0.1) is 0 Å². The minimum absolute atomic E-state index is 0.0678. The molecule has 0 N–H and O–H groups in total. The van der Waals surface area contributed by atoms with Gasteiger partial charge in [0.05, 0.1) is 7.11 Å². The number of aromatic nitrogens is 3. The first kappa shape index (κ1) is 13.1. The zero-order valence-corrected chi connectivity index (χ0v) is 10.3. The lowest BCUT2D eigenvalue weighted by molar-refractivity contribution is 0.0594. The molecule has 5 nitrogen and oxygen atoms in total. The number of carbonyl (C=O) groups excluding carboxylic acids is 1. The Labute approximate surface area is 107 Å². The Morgan fingerprint density at radius 3 is 2.79 bits per heavy atom. The summed E-state index contributed by atoms with van der Waals surface area (Å²) in [7, 11) is 2.86. The smallest absolute Gasteiger partial charge is 0.359 e. The van der Waals surface area contributed by atoms with Crippen molar-refractivity contribution in [2.75, 3.05) is 7.11 Å². The van der Waals surface area contributed by atoms with E-state index in [0.29, 0.717) is 11.1 Å². The second-order valence-corrected chi connectivity index (χ2v) is 3.86. The molecule has 2 rings (SSSR count). The molecule has 0 amide bonds. The summed E-state index contributed by atoms with van der Waals surface area (Å²) >= 11 is 0. The number of alkyl halides is 2. The van der Waals surface area contributed by atoms with E-state index in [-0.39, 0.29) is 11.3 Å². The van der Waals surface area contributed by atoms with Gasteiger partial charge in [-0.25, -0.2) is 13.6 Å². The fourth-order valence-electron chi connectivity index (χ4n) is 1.67. The molecule has 0 fully saturated rings. The number of aryl methyl sites for hydroxylation is 1. The molecule has 0 saturated carbocycles. The minimum atomic E-state index is -2.62. The maximum Gasteiger partial charge on any atom is 0.359 e. The van der Waals surface area contributed by atoms with E-state index in [0.717, 1.165) is 6.20 Å². The third kappa shape index (κ3) is 2.59. The van der Waals surface area contributed by atoms with E-state index < -0.39 is 12.4 Å². The minimum Gasteiger partial charge on any atom is -0.464 e. The van der Waals surface area contributed by atoms with Crippen molar-refractivity contribution >= 4 is 5.97 Å². The molecule has 0 saturated heterocycles. The van der Waals surface area contributed by atoms with Crippen LogP contribution in [0.15, 0.2) is 24.7 Å². The molecule has 0 aromatic carbocycles. The van der Waals surface area contributed by atoms with Gasteiger partial charge in [-0.2, -0.15) is 5.10 Å². The van der Waals surface area contributed by atoms with Crippen LogP contribution in [-0.4, -0.2) is 27.8 Å². The van der Waals surface area contributed by atoms with Crippen LogP contribution in [0.2, 0.25) is 0 Å². The van der Waals surface area contributed by atoms with Crippen LogP contribution in [0.5, 0.6) is 0 Å². The van der Waals surface area contributed by atoms with E-state index >= 15 is 0 Å². The predicted molar refractivity (Wildman–Crippen MR) is 62.7 cm³/mol. The molecule has 0 aliphatic carbocycles. The Morgan fingerprint density at radius 2 is 2.16 bits per heavy atom. The van der Waals surface area contributed by atoms with E-state index in [4.69, 9.17) is 0 Å². The van der Waals surface area contributed by atoms with E-state index in [2.05, 4.69) is 14.8 Å². The highest BCUT2D eigenvalue weighted by molar-refractivity contribution is 5.95. The van der Waals surface area contributed by atoms with Crippen LogP contribution in [-0.2, 0) is 11.8 Å². The number of rotatable bonds is 3. The van der Waals surface area contributed by atoms with Gasteiger partial charge in [0, 0.05) is 42.3 Å². The van der Waals surface area contributed by atoms with Gasteiger partial charge in [0.25, 0.3) is 6.43 Å². The number of hydrogen-bond acceptors (Lipinski definition) is 4. The Morgan fingerprint density at radius 1 is 1.42 bits per heavy atom. The van der Waals surface area contributed by atoms with E-state index in [1.807, 2.05) is 0 Å². The van der Waals surface area contributed by atoms with Crippen LogP contribution in [0.25, 0.3) is 11.1 Å². The summed E-state index contributed by atoms with van der Waals surface area (Å²) in [6.45, 7) is 0. The molecule has 0 radical (unpaired) electrons. The molecule has 0 atom stereocenters. The third-order valence-corrected chi connectivity index (χ3v) is 2.53. The molecule has 2 aromatic heterocycles. The fourth-order valence-corrected chi connectivity index (χ4v) is 1.67. The van der Waals surface area contributed by atoms with Gasteiger partial charge in [-0.3, -0.25) is 9.67 Å². The normalized spacial score (nSPS) is 10.8. The molecule has 100 valence electrons. The summed E-state index contributed by atoms with van der Waals surface area (Å²) < 4.78 is 31.3. The van der Waals surface area contributed by atoms with Gasteiger partial charge in [0.15, 0.2) is 5.69 Å². The zero-order valence-electron chi connectivity index (χ0n) is 10.3. The quantitative estimate of drug-likeness (QED) is 0.800. The summed E-state index contributed by atoms with van der Waals surface area (Å²) in [5, 5.41) is 3.96. The molecule has 19 heavy (non-hydrogen) atoms. The summed E-state index contributed by atoms with van der Waals surface area (Å²) in [4.78, 5) is 15.3. The summed E-state index contributed by atoms with van der Waals surface area (Å²) in [5.74, 6) is -0.627. The van der Waals surface area contributed by atoms with Gasteiger partial charge in [0.1, 0.15) is 0 Å². The first-order valence-corrected chi connectivity index (χ1v) is 5.38. The van der Waals surface area contributed by atoms with Crippen molar-refractivity contribution in [2.45, 2.75) is 6.43 Å². The van der Waals surface area contributed by atoms with Crippen LogP contribution >= 0.6 is 0 Å². The van der Waals surface area contributed by atoms with Crippen LogP contribution in [0.1, 0.15) is 22.5 Å². The topological polar surface area (TPSA) is 57.0 Å². The van der Waals surface area contributed by atoms with Crippen molar-refractivity contribution in [2.24, 2.45) is 7.05 Å². The number of pyridine rings is 1. The van der Waals surface area contributed by atoms with Gasteiger partial charge in [-0.1, -0.05) is 0 Å². The van der Waals surface area contributed by atoms with Gasteiger partial charge in [-0.15, -0.1) is 0 Å². The fraction of sp³-hybridized carbons (Fsp3) is 0.250. The zero-order chi connectivity index (χ0) is 14.0. The molecule has 2 heterocycles. The third-order valence-electron chi connectivity index (χ3n) is 2.53. The van der Waals surface area contributed by atoms with Gasteiger partial charge < -0.3 is 4.74 Å². The SMILES string of the molecule is COC(=O)c1nn(C)cc1-c1cncc(C(F)F)c1. The molecular formula is C12H11F2N3O2. The summed E-state index contributed by atoms with van der Waals surface area (Å²) in [5.41, 5.74) is 0.658. The number of ether oxygens (including phenoxy) is 1. The lowest BCUT2D eigenvalue weighted by Crippen LogP contribution is -2.04. The summed E-state index contributed by atoms with van der Waals surface area (Å²) in [6.07, 6.45) is 1.42.